The lowest BCUT2D eigenvalue weighted by Crippen LogP contribution is -2.57. The molecule has 4 saturated carbocycles. The first-order valence-electron chi connectivity index (χ1n) is 10.6. The van der Waals surface area contributed by atoms with E-state index in [1.807, 2.05) is 25.7 Å². The molecule has 0 spiro atoms. The molecule has 26 heavy (non-hydrogen) atoms. The van der Waals surface area contributed by atoms with Crippen LogP contribution in [0, 0.1) is 23.2 Å². The third kappa shape index (κ3) is 4.41. The van der Waals surface area contributed by atoms with E-state index in [1.165, 1.54) is 38.5 Å². The van der Waals surface area contributed by atoms with E-state index in [0.717, 1.165) is 17.8 Å². The Morgan fingerprint density at radius 1 is 0.923 bits per heavy atom. The second-order valence-corrected chi connectivity index (χ2v) is 9.59. The molecule has 0 aromatic rings. The van der Waals surface area contributed by atoms with Crippen molar-refractivity contribution in [3.05, 3.63) is 0 Å². The van der Waals surface area contributed by atoms with Crippen LogP contribution in [-0.4, -0.2) is 48.4 Å². The third-order valence-electron chi connectivity index (χ3n) is 7.01. The van der Waals surface area contributed by atoms with Crippen molar-refractivity contribution in [3.63, 3.8) is 0 Å². The first-order chi connectivity index (χ1) is 12.3. The highest BCUT2D eigenvalue weighted by Crippen LogP contribution is 2.61. The number of carbonyl (C=O) groups excluding carboxylic acids is 2. The van der Waals surface area contributed by atoms with Crippen LogP contribution in [0.3, 0.4) is 0 Å². The normalized spacial score (nSPS) is 33.5. The Hall–Kier alpha value is -1.10. The molecule has 4 aliphatic rings. The second kappa shape index (κ2) is 7.87. The van der Waals surface area contributed by atoms with Crippen LogP contribution >= 0.6 is 0 Å². The van der Waals surface area contributed by atoms with Crippen molar-refractivity contribution < 1.29 is 9.59 Å². The number of amides is 2. The number of hydrogen-bond acceptors (Lipinski definition) is 3. The van der Waals surface area contributed by atoms with E-state index < -0.39 is 0 Å². The molecule has 2 N–H and O–H groups in total. The summed E-state index contributed by atoms with van der Waals surface area (Å²) >= 11 is 0. The summed E-state index contributed by atoms with van der Waals surface area (Å²) in [6.07, 6.45) is 8.18. The van der Waals surface area contributed by atoms with E-state index in [-0.39, 0.29) is 30.4 Å². The van der Waals surface area contributed by atoms with E-state index >= 15 is 0 Å². The fourth-order valence-electron chi connectivity index (χ4n) is 6.20. The zero-order chi connectivity index (χ0) is 18.9. The largest absolute Gasteiger partial charge is 0.353 e. The zero-order valence-corrected chi connectivity index (χ0v) is 17.0. The summed E-state index contributed by atoms with van der Waals surface area (Å²) < 4.78 is 0. The average Bonchev–Trinajstić information content (AvgIpc) is 2.51. The first-order valence-corrected chi connectivity index (χ1v) is 10.6. The lowest BCUT2D eigenvalue weighted by molar-refractivity contribution is -0.128. The Balaban J connectivity index is 1.51. The third-order valence-corrected chi connectivity index (χ3v) is 7.01. The van der Waals surface area contributed by atoms with Gasteiger partial charge in [0.2, 0.25) is 11.8 Å². The Labute approximate surface area is 158 Å². The SMILES string of the molecule is CCN(CC(=O)NC(C)C)CC(=O)N[C@@H](C)C12CC3CC(CC(C3)C1)C2. The van der Waals surface area contributed by atoms with Gasteiger partial charge in [0.05, 0.1) is 13.1 Å². The molecule has 0 aliphatic heterocycles. The number of rotatable bonds is 8. The quantitative estimate of drug-likeness (QED) is 0.697. The molecule has 0 heterocycles. The first kappa shape index (κ1) is 19.7. The van der Waals surface area contributed by atoms with Crippen molar-refractivity contribution in [1.29, 1.82) is 0 Å². The zero-order valence-electron chi connectivity index (χ0n) is 17.0. The van der Waals surface area contributed by atoms with Gasteiger partial charge >= 0.3 is 0 Å². The molecule has 0 saturated heterocycles. The van der Waals surface area contributed by atoms with Gasteiger partial charge in [0, 0.05) is 12.1 Å². The van der Waals surface area contributed by atoms with Crippen molar-refractivity contribution in [3.8, 4) is 0 Å². The molecule has 148 valence electrons. The maximum Gasteiger partial charge on any atom is 0.234 e. The van der Waals surface area contributed by atoms with Gasteiger partial charge in [-0.3, -0.25) is 14.5 Å². The maximum atomic E-state index is 12.6. The van der Waals surface area contributed by atoms with Gasteiger partial charge in [0.1, 0.15) is 0 Å². The fraction of sp³-hybridized carbons (Fsp3) is 0.905. The van der Waals surface area contributed by atoms with Crippen LogP contribution in [0.15, 0.2) is 0 Å². The molecule has 4 rings (SSSR count). The van der Waals surface area contributed by atoms with Crippen LogP contribution in [0.5, 0.6) is 0 Å². The lowest BCUT2D eigenvalue weighted by Gasteiger charge is -2.59. The van der Waals surface area contributed by atoms with Gasteiger partial charge in [-0.2, -0.15) is 0 Å². The van der Waals surface area contributed by atoms with Crippen LogP contribution in [0.2, 0.25) is 0 Å². The number of hydrogen-bond donors (Lipinski definition) is 2. The minimum absolute atomic E-state index is 0.0104. The molecular formula is C21H37N3O2. The fourth-order valence-corrected chi connectivity index (χ4v) is 6.20. The molecule has 4 aliphatic carbocycles. The maximum absolute atomic E-state index is 12.6. The number of nitrogens with zero attached hydrogens (tertiary/aromatic N) is 1. The summed E-state index contributed by atoms with van der Waals surface area (Å²) in [5.74, 6) is 2.74. The van der Waals surface area contributed by atoms with Gasteiger partial charge in [0.25, 0.3) is 0 Å². The highest BCUT2D eigenvalue weighted by Gasteiger charge is 2.53. The highest BCUT2D eigenvalue weighted by molar-refractivity contribution is 5.81. The number of carbonyl (C=O) groups is 2. The van der Waals surface area contributed by atoms with Gasteiger partial charge in [-0.15, -0.1) is 0 Å². The van der Waals surface area contributed by atoms with E-state index in [2.05, 4.69) is 17.6 Å². The van der Waals surface area contributed by atoms with Gasteiger partial charge < -0.3 is 10.6 Å². The Bertz CT molecular complexity index is 496. The predicted molar refractivity (Wildman–Crippen MR) is 104 cm³/mol. The van der Waals surface area contributed by atoms with E-state index in [4.69, 9.17) is 0 Å². The van der Waals surface area contributed by atoms with Crippen LogP contribution in [-0.2, 0) is 9.59 Å². The number of likely N-dealkylation sites (N-methyl/N-ethyl adjacent to an activating group) is 1. The van der Waals surface area contributed by atoms with Gasteiger partial charge in [-0.05, 0) is 89.0 Å². The molecule has 4 fully saturated rings. The number of nitrogens with one attached hydrogen (secondary N) is 2. The lowest BCUT2D eigenvalue weighted by atomic mass is 9.48. The van der Waals surface area contributed by atoms with Crippen molar-refractivity contribution >= 4 is 11.8 Å². The molecule has 1 atom stereocenters. The van der Waals surface area contributed by atoms with Gasteiger partial charge in [-0.1, -0.05) is 6.92 Å². The van der Waals surface area contributed by atoms with E-state index in [1.54, 1.807) is 0 Å². The summed E-state index contributed by atoms with van der Waals surface area (Å²) in [6.45, 7) is 9.41. The van der Waals surface area contributed by atoms with E-state index in [9.17, 15) is 9.59 Å². The van der Waals surface area contributed by atoms with Crippen molar-refractivity contribution in [1.82, 2.24) is 15.5 Å². The molecule has 4 bridgehead atoms. The monoisotopic (exact) mass is 363 g/mol. The molecular weight excluding hydrogens is 326 g/mol. The summed E-state index contributed by atoms with van der Waals surface area (Å²) in [7, 11) is 0. The smallest absolute Gasteiger partial charge is 0.234 e. The second-order valence-electron chi connectivity index (χ2n) is 9.59. The van der Waals surface area contributed by atoms with Crippen LogP contribution in [0.25, 0.3) is 0 Å². The van der Waals surface area contributed by atoms with Crippen LogP contribution in [0.4, 0.5) is 0 Å². The Morgan fingerprint density at radius 3 is 1.81 bits per heavy atom. The van der Waals surface area contributed by atoms with Crippen LogP contribution < -0.4 is 10.6 Å². The molecule has 5 heteroatoms. The minimum atomic E-state index is -0.0104. The molecule has 0 aromatic carbocycles. The predicted octanol–water partition coefficient (Wildman–Crippen LogP) is 2.55. The van der Waals surface area contributed by atoms with Crippen molar-refractivity contribution in [2.45, 2.75) is 78.3 Å². The molecule has 2 amide bonds. The van der Waals surface area contributed by atoms with E-state index in [0.29, 0.717) is 18.5 Å². The summed E-state index contributed by atoms with van der Waals surface area (Å²) in [5, 5.41) is 6.20. The Kier molecular flexibility index (Phi) is 5.95. The minimum Gasteiger partial charge on any atom is -0.353 e. The molecule has 0 radical (unpaired) electrons. The van der Waals surface area contributed by atoms with Crippen molar-refractivity contribution in [2.24, 2.45) is 23.2 Å². The molecule has 5 nitrogen and oxygen atoms in total. The highest BCUT2D eigenvalue weighted by atomic mass is 16.2. The average molecular weight is 364 g/mol. The Morgan fingerprint density at radius 2 is 1.38 bits per heavy atom. The van der Waals surface area contributed by atoms with Gasteiger partial charge in [0.15, 0.2) is 0 Å². The topological polar surface area (TPSA) is 61.4 Å². The van der Waals surface area contributed by atoms with Gasteiger partial charge in [-0.25, -0.2) is 0 Å². The standard InChI is InChI=1S/C21H37N3O2/c1-5-24(12-19(25)22-14(2)3)13-20(26)23-15(4)21-9-16-6-17(10-21)8-18(7-16)11-21/h14-18H,5-13H2,1-4H3,(H,22,25)(H,23,26)/t15-,16?,17?,18?,21?/m0/s1. The summed E-state index contributed by atoms with van der Waals surface area (Å²) in [6, 6.07) is 0.373. The van der Waals surface area contributed by atoms with Crippen LogP contribution in [0.1, 0.15) is 66.2 Å². The molecule has 0 unspecified atom stereocenters. The summed E-state index contributed by atoms with van der Waals surface area (Å²) in [4.78, 5) is 26.5. The summed E-state index contributed by atoms with van der Waals surface area (Å²) in [5.41, 5.74) is 0.330. The molecule has 0 aromatic heterocycles. The van der Waals surface area contributed by atoms with Crippen molar-refractivity contribution in [2.75, 3.05) is 19.6 Å².